The largest absolute Gasteiger partial charge is 0.393 e. The molecule has 0 spiro atoms. The molecule has 0 bridgehead atoms. The molecule has 0 aliphatic rings. The Balaban J connectivity index is 2.93. The first-order valence-corrected chi connectivity index (χ1v) is 3.41. The van der Waals surface area contributed by atoms with Gasteiger partial charge in [0.25, 0.3) is 0 Å². The standard InChI is InChI=1S/C9H11O2/c1-9(11,7-10)8-5-3-2-4-6-8/h2-6,10-11H,1,7H2. The molecule has 1 aromatic rings. The normalized spacial score (nSPS) is 15.9. The molecule has 0 aliphatic carbocycles. The Morgan fingerprint density at radius 2 is 1.82 bits per heavy atom. The van der Waals surface area contributed by atoms with Crippen molar-refractivity contribution >= 4 is 0 Å². The van der Waals surface area contributed by atoms with Crippen LogP contribution in [0.2, 0.25) is 0 Å². The first-order valence-electron chi connectivity index (χ1n) is 3.41. The quantitative estimate of drug-likeness (QED) is 0.653. The topological polar surface area (TPSA) is 40.5 Å². The molecule has 0 heterocycles. The van der Waals surface area contributed by atoms with Gasteiger partial charge in [-0.2, -0.15) is 0 Å². The highest BCUT2D eigenvalue weighted by molar-refractivity contribution is 5.23. The first-order chi connectivity index (χ1) is 5.17. The third-order valence-corrected chi connectivity index (χ3v) is 1.57. The molecular formula is C9H11O2. The monoisotopic (exact) mass is 151 g/mol. The minimum Gasteiger partial charge on any atom is -0.393 e. The smallest absolute Gasteiger partial charge is 0.113 e. The molecule has 2 N–H and O–H groups in total. The SMILES string of the molecule is [CH2]C(O)(CO)c1ccccc1. The maximum absolute atomic E-state index is 9.43. The molecule has 1 radical (unpaired) electrons. The lowest BCUT2D eigenvalue weighted by molar-refractivity contribution is 0.0215. The zero-order valence-electron chi connectivity index (χ0n) is 6.20. The molecular weight excluding hydrogens is 140 g/mol. The predicted octanol–water partition coefficient (Wildman–Crippen LogP) is 0.701. The zero-order valence-corrected chi connectivity index (χ0v) is 6.20. The van der Waals surface area contributed by atoms with Gasteiger partial charge in [-0.3, -0.25) is 0 Å². The summed E-state index contributed by atoms with van der Waals surface area (Å²) in [4.78, 5) is 0. The third-order valence-electron chi connectivity index (χ3n) is 1.57. The van der Waals surface area contributed by atoms with Gasteiger partial charge in [0.2, 0.25) is 0 Å². The van der Waals surface area contributed by atoms with E-state index >= 15 is 0 Å². The number of hydrogen-bond acceptors (Lipinski definition) is 2. The van der Waals surface area contributed by atoms with Crippen LogP contribution in [0.15, 0.2) is 30.3 Å². The molecule has 11 heavy (non-hydrogen) atoms. The van der Waals surface area contributed by atoms with Gasteiger partial charge in [-0.1, -0.05) is 30.3 Å². The summed E-state index contributed by atoms with van der Waals surface area (Å²) in [7, 11) is 0. The lowest BCUT2D eigenvalue weighted by Gasteiger charge is -2.19. The van der Waals surface area contributed by atoms with Gasteiger partial charge in [-0.05, 0) is 12.5 Å². The van der Waals surface area contributed by atoms with E-state index in [2.05, 4.69) is 6.92 Å². The van der Waals surface area contributed by atoms with Crippen LogP contribution < -0.4 is 0 Å². The molecule has 0 amide bonds. The van der Waals surface area contributed by atoms with Crippen LogP contribution in [0.3, 0.4) is 0 Å². The van der Waals surface area contributed by atoms with Gasteiger partial charge >= 0.3 is 0 Å². The van der Waals surface area contributed by atoms with E-state index in [4.69, 9.17) is 5.11 Å². The fourth-order valence-electron chi connectivity index (χ4n) is 0.840. The minimum atomic E-state index is -1.36. The van der Waals surface area contributed by atoms with Gasteiger partial charge in [0.1, 0.15) is 5.60 Å². The van der Waals surface area contributed by atoms with Crippen LogP contribution in [0.5, 0.6) is 0 Å². The Labute approximate surface area is 66.1 Å². The molecule has 2 nitrogen and oxygen atoms in total. The number of rotatable bonds is 2. The van der Waals surface area contributed by atoms with Gasteiger partial charge in [0.05, 0.1) is 6.61 Å². The Kier molecular flexibility index (Phi) is 2.27. The van der Waals surface area contributed by atoms with Gasteiger partial charge in [-0.15, -0.1) is 0 Å². The highest BCUT2D eigenvalue weighted by Crippen LogP contribution is 2.17. The van der Waals surface area contributed by atoms with Gasteiger partial charge in [0, 0.05) is 0 Å². The van der Waals surface area contributed by atoms with E-state index in [9.17, 15) is 5.11 Å². The molecule has 0 aromatic heterocycles. The van der Waals surface area contributed by atoms with E-state index in [1.165, 1.54) is 0 Å². The highest BCUT2D eigenvalue weighted by atomic mass is 16.3. The van der Waals surface area contributed by atoms with Crippen molar-refractivity contribution in [1.29, 1.82) is 0 Å². The summed E-state index contributed by atoms with van der Waals surface area (Å²) in [6.07, 6.45) is 0. The summed E-state index contributed by atoms with van der Waals surface area (Å²) in [6.45, 7) is 3.10. The predicted molar refractivity (Wildman–Crippen MR) is 42.8 cm³/mol. The van der Waals surface area contributed by atoms with Crippen molar-refractivity contribution in [1.82, 2.24) is 0 Å². The van der Waals surface area contributed by atoms with Crippen LogP contribution in [0.1, 0.15) is 5.56 Å². The van der Waals surface area contributed by atoms with Crippen molar-refractivity contribution in [2.45, 2.75) is 5.60 Å². The van der Waals surface area contributed by atoms with E-state index in [0.29, 0.717) is 5.56 Å². The van der Waals surface area contributed by atoms with Gasteiger partial charge < -0.3 is 10.2 Å². The summed E-state index contributed by atoms with van der Waals surface area (Å²) in [5.41, 5.74) is -0.733. The summed E-state index contributed by atoms with van der Waals surface area (Å²) in [5, 5.41) is 18.2. The zero-order chi connectivity index (χ0) is 8.32. The van der Waals surface area contributed by atoms with Crippen molar-refractivity contribution in [2.75, 3.05) is 6.61 Å². The van der Waals surface area contributed by atoms with E-state index in [0.717, 1.165) is 0 Å². The number of benzene rings is 1. The fraction of sp³-hybridized carbons (Fsp3) is 0.222. The molecule has 1 atom stereocenters. The van der Waals surface area contributed by atoms with Gasteiger partial charge in [-0.25, -0.2) is 0 Å². The lowest BCUT2D eigenvalue weighted by Crippen LogP contribution is -2.25. The van der Waals surface area contributed by atoms with Crippen LogP contribution >= 0.6 is 0 Å². The van der Waals surface area contributed by atoms with E-state index in [-0.39, 0.29) is 6.61 Å². The third kappa shape index (κ3) is 1.79. The van der Waals surface area contributed by atoms with Crippen molar-refractivity contribution in [3.63, 3.8) is 0 Å². The van der Waals surface area contributed by atoms with Crippen molar-refractivity contribution in [3.8, 4) is 0 Å². The summed E-state index contributed by atoms with van der Waals surface area (Å²) in [5.74, 6) is 0. The average molecular weight is 151 g/mol. The summed E-state index contributed by atoms with van der Waals surface area (Å²) >= 11 is 0. The van der Waals surface area contributed by atoms with Crippen LogP contribution in [0.25, 0.3) is 0 Å². The van der Waals surface area contributed by atoms with E-state index < -0.39 is 5.60 Å². The molecule has 1 rings (SSSR count). The maximum Gasteiger partial charge on any atom is 0.113 e. The Hall–Kier alpha value is -0.860. The second-order valence-corrected chi connectivity index (χ2v) is 2.56. The van der Waals surface area contributed by atoms with E-state index in [1.54, 1.807) is 24.3 Å². The second-order valence-electron chi connectivity index (χ2n) is 2.56. The van der Waals surface area contributed by atoms with Crippen LogP contribution in [0, 0.1) is 6.92 Å². The van der Waals surface area contributed by atoms with Crippen LogP contribution in [-0.4, -0.2) is 16.8 Å². The average Bonchev–Trinajstić information content (AvgIpc) is 2.06. The molecule has 1 unspecified atom stereocenters. The second kappa shape index (κ2) is 3.03. The van der Waals surface area contributed by atoms with Crippen LogP contribution in [0.4, 0.5) is 0 Å². The molecule has 59 valence electrons. The maximum atomic E-state index is 9.43. The summed E-state index contributed by atoms with van der Waals surface area (Å²) in [6, 6.07) is 8.88. The lowest BCUT2D eigenvalue weighted by atomic mass is 9.97. The van der Waals surface area contributed by atoms with Crippen LogP contribution in [-0.2, 0) is 5.60 Å². The number of aliphatic hydroxyl groups excluding tert-OH is 1. The fourth-order valence-corrected chi connectivity index (χ4v) is 0.840. The highest BCUT2D eigenvalue weighted by Gasteiger charge is 2.20. The number of hydrogen-bond donors (Lipinski definition) is 2. The molecule has 0 aliphatic heterocycles. The molecule has 2 heteroatoms. The number of aliphatic hydroxyl groups is 2. The van der Waals surface area contributed by atoms with Crippen molar-refractivity contribution in [2.24, 2.45) is 0 Å². The van der Waals surface area contributed by atoms with Crippen molar-refractivity contribution < 1.29 is 10.2 Å². The molecule has 0 saturated heterocycles. The van der Waals surface area contributed by atoms with Crippen molar-refractivity contribution in [3.05, 3.63) is 42.8 Å². The summed E-state index contributed by atoms with van der Waals surface area (Å²) < 4.78 is 0. The van der Waals surface area contributed by atoms with E-state index in [1.807, 2.05) is 6.07 Å². The molecule has 0 fully saturated rings. The van der Waals surface area contributed by atoms with Gasteiger partial charge in [0.15, 0.2) is 0 Å². The Morgan fingerprint density at radius 3 is 2.27 bits per heavy atom. The Morgan fingerprint density at radius 1 is 1.27 bits per heavy atom. The minimum absolute atomic E-state index is 0.364. The molecule has 0 saturated carbocycles. The first kappa shape index (κ1) is 8.24. The Bertz CT molecular complexity index is 216. The molecule has 1 aromatic carbocycles.